The van der Waals surface area contributed by atoms with Gasteiger partial charge in [0.1, 0.15) is 17.2 Å². The lowest BCUT2D eigenvalue weighted by molar-refractivity contribution is 0.0639. The summed E-state index contributed by atoms with van der Waals surface area (Å²) < 4.78 is 20.2. The van der Waals surface area contributed by atoms with E-state index in [4.69, 9.17) is 10.5 Å². The highest BCUT2D eigenvalue weighted by atomic mass is 19.1. The normalized spacial score (nSPS) is 25.1. The van der Waals surface area contributed by atoms with Gasteiger partial charge in [-0.25, -0.2) is 4.39 Å². The largest absolute Gasteiger partial charge is 0.486 e. The molecule has 0 amide bonds. The molecule has 104 valence electrons. The number of hydrogen-bond donors (Lipinski definition) is 1. The van der Waals surface area contributed by atoms with Crippen LogP contribution in [0.5, 0.6) is 5.75 Å². The Labute approximate surface area is 113 Å². The molecule has 0 radical (unpaired) electrons. The molecular formula is C15H21FN2O. The molecule has 0 aliphatic carbocycles. The highest BCUT2D eigenvalue weighted by Gasteiger charge is 2.35. The van der Waals surface area contributed by atoms with Crippen molar-refractivity contribution < 1.29 is 9.13 Å². The summed E-state index contributed by atoms with van der Waals surface area (Å²) >= 11 is 0. The fourth-order valence-electron chi connectivity index (χ4n) is 2.88. The minimum Gasteiger partial charge on any atom is -0.486 e. The third-order valence-corrected chi connectivity index (χ3v) is 4.28. The first-order valence-corrected chi connectivity index (χ1v) is 6.99. The van der Waals surface area contributed by atoms with Gasteiger partial charge in [-0.15, -0.1) is 0 Å². The summed E-state index contributed by atoms with van der Waals surface area (Å²) in [6.45, 7) is 5.83. The fraction of sp³-hybridized carbons (Fsp3) is 0.600. The van der Waals surface area contributed by atoms with Crippen LogP contribution in [0.4, 0.5) is 10.1 Å². The Morgan fingerprint density at radius 2 is 2.00 bits per heavy atom. The number of hydrogen-bond acceptors (Lipinski definition) is 3. The SMILES string of the molecule is CC1(C)Oc2cc(N3CCCC3)c(F)cc2CC1N. The smallest absolute Gasteiger partial charge is 0.147 e. The number of nitrogens with zero attached hydrogens (tertiary/aromatic N) is 1. The molecule has 2 aliphatic rings. The van der Waals surface area contributed by atoms with Crippen LogP contribution in [0.3, 0.4) is 0 Å². The van der Waals surface area contributed by atoms with Gasteiger partial charge < -0.3 is 15.4 Å². The molecule has 1 aromatic rings. The van der Waals surface area contributed by atoms with Crippen LogP contribution in [0.1, 0.15) is 32.3 Å². The first-order valence-electron chi connectivity index (χ1n) is 6.99. The van der Waals surface area contributed by atoms with Crippen molar-refractivity contribution in [3.8, 4) is 5.75 Å². The average molecular weight is 264 g/mol. The van der Waals surface area contributed by atoms with Crippen LogP contribution >= 0.6 is 0 Å². The van der Waals surface area contributed by atoms with E-state index in [1.54, 1.807) is 6.07 Å². The molecule has 1 unspecified atom stereocenters. The molecule has 0 bridgehead atoms. The second-order valence-corrected chi connectivity index (χ2v) is 6.12. The zero-order chi connectivity index (χ0) is 13.6. The van der Waals surface area contributed by atoms with Crippen molar-refractivity contribution in [2.75, 3.05) is 18.0 Å². The minimum absolute atomic E-state index is 0.1000. The molecule has 3 rings (SSSR count). The second kappa shape index (κ2) is 4.37. The zero-order valence-electron chi connectivity index (χ0n) is 11.6. The number of rotatable bonds is 1. The first-order chi connectivity index (χ1) is 8.97. The number of halogens is 1. The van der Waals surface area contributed by atoms with Gasteiger partial charge in [0.25, 0.3) is 0 Å². The van der Waals surface area contributed by atoms with E-state index in [1.807, 2.05) is 19.9 Å². The molecule has 4 heteroatoms. The number of nitrogens with two attached hydrogens (primary N) is 1. The summed E-state index contributed by atoms with van der Waals surface area (Å²) in [5.41, 5.74) is 7.23. The summed E-state index contributed by atoms with van der Waals surface area (Å²) in [6, 6.07) is 3.35. The minimum atomic E-state index is -0.396. The molecule has 2 heterocycles. The van der Waals surface area contributed by atoms with E-state index >= 15 is 0 Å². The van der Waals surface area contributed by atoms with E-state index in [9.17, 15) is 4.39 Å². The maximum Gasteiger partial charge on any atom is 0.147 e. The van der Waals surface area contributed by atoms with E-state index in [1.165, 1.54) is 0 Å². The molecule has 1 saturated heterocycles. The van der Waals surface area contributed by atoms with Crippen molar-refractivity contribution in [2.24, 2.45) is 5.73 Å². The molecular weight excluding hydrogens is 243 g/mol. The van der Waals surface area contributed by atoms with Crippen molar-refractivity contribution in [3.63, 3.8) is 0 Å². The van der Waals surface area contributed by atoms with Gasteiger partial charge in [0, 0.05) is 25.2 Å². The molecule has 0 saturated carbocycles. The molecule has 0 aromatic heterocycles. The highest BCUT2D eigenvalue weighted by Crippen LogP contribution is 2.37. The van der Waals surface area contributed by atoms with E-state index in [-0.39, 0.29) is 11.9 Å². The van der Waals surface area contributed by atoms with E-state index < -0.39 is 5.60 Å². The Bertz CT molecular complexity index is 495. The topological polar surface area (TPSA) is 38.5 Å². The molecule has 2 aliphatic heterocycles. The van der Waals surface area contributed by atoms with Gasteiger partial charge in [0.2, 0.25) is 0 Å². The van der Waals surface area contributed by atoms with Gasteiger partial charge >= 0.3 is 0 Å². The summed E-state index contributed by atoms with van der Waals surface area (Å²) in [7, 11) is 0. The van der Waals surface area contributed by atoms with Crippen LogP contribution < -0.4 is 15.4 Å². The quantitative estimate of drug-likeness (QED) is 0.847. The van der Waals surface area contributed by atoms with Gasteiger partial charge in [-0.1, -0.05) is 0 Å². The van der Waals surface area contributed by atoms with Crippen LogP contribution in [-0.4, -0.2) is 24.7 Å². The third kappa shape index (κ3) is 2.18. The number of anilines is 1. The van der Waals surface area contributed by atoms with Crippen LogP contribution in [-0.2, 0) is 6.42 Å². The Morgan fingerprint density at radius 1 is 1.32 bits per heavy atom. The predicted octanol–water partition coefficient (Wildman–Crippen LogP) is 2.47. The van der Waals surface area contributed by atoms with Gasteiger partial charge in [-0.2, -0.15) is 0 Å². The van der Waals surface area contributed by atoms with Crippen molar-refractivity contribution in [2.45, 2.75) is 44.8 Å². The van der Waals surface area contributed by atoms with Crippen molar-refractivity contribution in [1.82, 2.24) is 0 Å². The first kappa shape index (κ1) is 12.7. The summed E-state index contributed by atoms with van der Waals surface area (Å²) in [5.74, 6) is 0.631. The molecule has 0 spiro atoms. The molecule has 2 N–H and O–H groups in total. The average Bonchev–Trinajstić information content (AvgIpc) is 2.84. The number of benzene rings is 1. The Balaban J connectivity index is 1.98. The van der Waals surface area contributed by atoms with Crippen LogP contribution in [0.15, 0.2) is 12.1 Å². The maximum absolute atomic E-state index is 14.2. The van der Waals surface area contributed by atoms with Crippen LogP contribution in [0.25, 0.3) is 0 Å². The maximum atomic E-state index is 14.2. The standard InChI is InChI=1S/C15H21FN2O/c1-15(2)14(17)8-10-7-11(16)12(9-13(10)19-15)18-5-3-4-6-18/h7,9,14H,3-6,8,17H2,1-2H3. The van der Waals surface area contributed by atoms with E-state index in [0.29, 0.717) is 12.1 Å². The third-order valence-electron chi connectivity index (χ3n) is 4.28. The fourth-order valence-corrected chi connectivity index (χ4v) is 2.88. The van der Waals surface area contributed by atoms with E-state index in [0.717, 1.165) is 37.2 Å². The molecule has 3 nitrogen and oxygen atoms in total. The summed E-state index contributed by atoms with van der Waals surface area (Å²) in [6.07, 6.45) is 2.93. The summed E-state index contributed by atoms with van der Waals surface area (Å²) in [5, 5.41) is 0. The Hall–Kier alpha value is -1.29. The predicted molar refractivity (Wildman–Crippen MR) is 74.2 cm³/mol. The van der Waals surface area contributed by atoms with Gasteiger partial charge in [-0.05, 0) is 44.7 Å². The lowest BCUT2D eigenvalue weighted by Gasteiger charge is -2.38. The zero-order valence-corrected chi connectivity index (χ0v) is 11.6. The second-order valence-electron chi connectivity index (χ2n) is 6.12. The number of ether oxygens (including phenoxy) is 1. The summed E-state index contributed by atoms with van der Waals surface area (Å²) in [4.78, 5) is 2.10. The molecule has 1 fully saturated rings. The molecule has 1 atom stereocenters. The lowest BCUT2D eigenvalue weighted by atomic mass is 9.89. The number of fused-ring (bicyclic) bond motifs is 1. The van der Waals surface area contributed by atoms with Gasteiger partial charge in [-0.3, -0.25) is 0 Å². The van der Waals surface area contributed by atoms with Crippen LogP contribution in [0, 0.1) is 5.82 Å². The lowest BCUT2D eigenvalue weighted by Crippen LogP contribution is -2.51. The molecule has 1 aromatic carbocycles. The molecule has 19 heavy (non-hydrogen) atoms. The monoisotopic (exact) mass is 264 g/mol. The van der Waals surface area contributed by atoms with Crippen molar-refractivity contribution in [1.29, 1.82) is 0 Å². The Kier molecular flexibility index (Phi) is 2.93. The van der Waals surface area contributed by atoms with E-state index in [2.05, 4.69) is 4.90 Å². The highest BCUT2D eigenvalue weighted by molar-refractivity contribution is 5.56. The van der Waals surface area contributed by atoms with Gasteiger partial charge in [0.05, 0.1) is 5.69 Å². The van der Waals surface area contributed by atoms with Crippen molar-refractivity contribution >= 4 is 5.69 Å². The Morgan fingerprint density at radius 3 is 2.68 bits per heavy atom. The van der Waals surface area contributed by atoms with Gasteiger partial charge in [0.15, 0.2) is 0 Å². The van der Waals surface area contributed by atoms with Crippen molar-refractivity contribution in [3.05, 3.63) is 23.5 Å². The van der Waals surface area contributed by atoms with Crippen LogP contribution in [0.2, 0.25) is 0 Å².